The van der Waals surface area contributed by atoms with Gasteiger partial charge in [-0.3, -0.25) is 0 Å². The summed E-state index contributed by atoms with van der Waals surface area (Å²) in [5.74, 6) is 0.0120. The molecule has 0 fully saturated rings. The van der Waals surface area contributed by atoms with E-state index in [2.05, 4.69) is 0 Å². The van der Waals surface area contributed by atoms with Gasteiger partial charge in [-0.2, -0.15) is 0 Å². The first-order chi connectivity index (χ1) is 5.43. The summed E-state index contributed by atoms with van der Waals surface area (Å²) < 4.78 is 22.2. The van der Waals surface area contributed by atoms with Crippen molar-refractivity contribution in [2.75, 3.05) is 6.26 Å². The van der Waals surface area contributed by atoms with Crippen LogP contribution in [-0.2, 0) is 9.84 Å². The van der Waals surface area contributed by atoms with Gasteiger partial charge in [-0.1, -0.05) is 6.07 Å². The molecule has 0 aliphatic heterocycles. The second-order valence-electron chi connectivity index (χ2n) is 2.67. The van der Waals surface area contributed by atoms with E-state index in [4.69, 9.17) is 0 Å². The highest BCUT2D eigenvalue weighted by molar-refractivity contribution is 7.90. The number of hydrogen-bond acceptors (Lipinski definition) is 3. The van der Waals surface area contributed by atoms with E-state index >= 15 is 0 Å². The average Bonchev–Trinajstić information content (AvgIpc) is 1.92. The second kappa shape index (κ2) is 2.79. The molecule has 1 N–H and O–H groups in total. The van der Waals surface area contributed by atoms with E-state index in [1.165, 1.54) is 18.2 Å². The zero-order chi connectivity index (χ0) is 9.35. The number of hydrogen-bond donors (Lipinski definition) is 1. The molecule has 1 rings (SSSR count). The minimum atomic E-state index is -3.22. The van der Waals surface area contributed by atoms with Gasteiger partial charge in [0.05, 0.1) is 4.90 Å². The van der Waals surface area contributed by atoms with Crippen LogP contribution in [0.15, 0.2) is 23.1 Å². The monoisotopic (exact) mass is 186 g/mol. The van der Waals surface area contributed by atoms with Crippen LogP contribution >= 0.6 is 0 Å². The highest BCUT2D eigenvalue weighted by atomic mass is 32.2. The summed E-state index contributed by atoms with van der Waals surface area (Å²) in [6.45, 7) is 1.58. The summed E-state index contributed by atoms with van der Waals surface area (Å²) in [7, 11) is -3.22. The number of sulfone groups is 1. The van der Waals surface area contributed by atoms with Crippen molar-refractivity contribution in [3.63, 3.8) is 0 Å². The lowest BCUT2D eigenvalue weighted by molar-refractivity contribution is 0.468. The standard InChI is InChI=1S/C8H10O3S/c1-6-7(9)4-3-5-8(6)12(2,10)11/h3-5,9H,1-2H3. The van der Waals surface area contributed by atoms with Crippen LogP contribution in [0, 0.1) is 6.92 Å². The summed E-state index contributed by atoms with van der Waals surface area (Å²) in [5.41, 5.74) is 0.403. The third-order valence-electron chi connectivity index (χ3n) is 1.65. The minimum absolute atomic E-state index is 0.0120. The van der Waals surface area contributed by atoms with Crippen molar-refractivity contribution < 1.29 is 13.5 Å². The molecule has 12 heavy (non-hydrogen) atoms. The Balaban J connectivity index is 3.47. The highest BCUT2D eigenvalue weighted by Gasteiger charge is 2.11. The Labute approximate surface area is 71.6 Å². The largest absolute Gasteiger partial charge is 0.508 e. The smallest absolute Gasteiger partial charge is 0.175 e. The first-order valence-corrected chi connectivity index (χ1v) is 5.30. The van der Waals surface area contributed by atoms with E-state index in [1.807, 2.05) is 0 Å². The predicted octanol–water partition coefficient (Wildman–Crippen LogP) is 1.10. The topological polar surface area (TPSA) is 54.4 Å². The third-order valence-corrected chi connectivity index (χ3v) is 2.90. The van der Waals surface area contributed by atoms with E-state index < -0.39 is 9.84 Å². The van der Waals surface area contributed by atoms with Crippen LogP contribution in [0.5, 0.6) is 5.75 Å². The van der Waals surface area contributed by atoms with Gasteiger partial charge in [0.25, 0.3) is 0 Å². The summed E-state index contributed by atoms with van der Waals surface area (Å²) in [6, 6.07) is 4.45. The molecule has 0 aliphatic carbocycles. The van der Waals surface area contributed by atoms with Gasteiger partial charge in [0.2, 0.25) is 0 Å². The van der Waals surface area contributed by atoms with Gasteiger partial charge in [-0.15, -0.1) is 0 Å². The molecule has 0 atom stereocenters. The first-order valence-electron chi connectivity index (χ1n) is 3.41. The molecule has 0 aliphatic rings. The molecule has 0 saturated carbocycles. The number of phenols is 1. The molecule has 1 aromatic rings. The fourth-order valence-corrected chi connectivity index (χ4v) is 1.99. The van der Waals surface area contributed by atoms with Gasteiger partial charge < -0.3 is 5.11 Å². The number of aromatic hydroxyl groups is 1. The van der Waals surface area contributed by atoms with E-state index in [-0.39, 0.29) is 10.6 Å². The Kier molecular flexibility index (Phi) is 2.10. The SMILES string of the molecule is Cc1c(O)cccc1S(C)(=O)=O. The van der Waals surface area contributed by atoms with Gasteiger partial charge in [0.1, 0.15) is 5.75 Å². The van der Waals surface area contributed by atoms with Crippen LogP contribution in [0.1, 0.15) is 5.56 Å². The van der Waals surface area contributed by atoms with Crippen molar-refractivity contribution in [2.45, 2.75) is 11.8 Å². The molecule has 66 valence electrons. The zero-order valence-corrected chi connectivity index (χ0v) is 7.72. The van der Waals surface area contributed by atoms with E-state index in [1.54, 1.807) is 6.92 Å². The normalized spacial score (nSPS) is 11.5. The molecular formula is C8H10O3S. The van der Waals surface area contributed by atoms with E-state index in [0.29, 0.717) is 5.56 Å². The highest BCUT2D eigenvalue weighted by Crippen LogP contribution is 2.22. The molecule has 0 radical (unpaired) electrons. The zero-order valence-electron chi connectivity index (χ0n) is 6.90. The fraction of sp³-hybridized carbons (Fsp3) is 0.250. The Morgan fingerprint density at radius 1 is 1.33 bits per heavy atom. The van der Waals surface area contributed by atoms with Crippen molar-refractivity contribution in [3.05, 3.63) is 23.8 Å². The van der Waals surface area contributed by atoms with E-state index in [9.17, 15) is 13.5 Å². The molecule has 0 aromatic heterocycles. The maximum Gasteiger partial charge on any atom is 0.175 e. The molecule has 1 aromatic carbocycles. The van der Waals surface area contributed by atoms with Gasteiger partial charge in [-0.05, 0) is 19.1 Å². The van der Waals surface area contributed by atoms with Crippen LogP contribution in [0.2, 0.25) is 0 Å². The van der Waals surface area contributed by atoms with Crippen molar-refractivity contribution in [3.8, 4) is 5.75 Å². The lowest BCUT2D eigenvalue weighted by Gasteiger charge is -2.03. The number of rotatable bonds is 1. The molecule has 3 nitrogen and oxygen atoms in total. The predicted molar refractivity (Wildman–Crippen MR) is 46.0 cm³/mol. The molecular weight excluding hydrogens is 176 g/mol. The minimum Gasteiger partial charge on any atom is -0.508 e. The van der Waals surface area contributed by atoms with Crippen molar-refractivity contribution in [1.82, 2.24) is 0 Å². The van der Waals surface area contributed by atoms with Crippen LogP contribution in [0.4, 0.5) is 0 Å². The van der Waals surface area contributed by atoms with Crippen molar-refractivity contribution in [2.24, 2.45) is 0 Å². The van der Waals surface area contributed by atoms with Gasteiger partial charge in [0.15, 0.2) is 9.84 Å². The van der Waals surface area contributed by atoms with Crippen LogP contribution in [-0.4, -0.2) is 19.8 Å². The Morgan fingerprint density at radius 2 is 1.92 bits per heavy atom. The molecule has 0 saturated heterocycles. The van der Waals surface area contributed by atoms with Gasteiger partial charge >= 0.3 is 0 Å². The molecule has 0 bridgehead atoms. The lowest BCUT2D eigenvalue weighted by atomic mass is 10.2. The van der Waals surface area contributed by atoms with Gasteiger partial charge in [0, 0.05) is 11.8 Å². The maximum absolute atomic E-state index is 11.1. The quantitative estimate of drug-likeness (QED) is 0.714. The average molecular weight is 186 g/mol. The summed E-state index contributed by atoms with van der Waals surface area (Å²) in [4.78, 5) is 0.183. The number of benzene rings is 1. The molecule has 0 amide bonds. The van der Waals surface area contributed by atoms with Crippen molar-refractivity contribution >= 4 is 9.84 Å². The molecule has 0 unspecified atom stereocenters. The molecule has 4 heteroatoms. The summed E-state index contributed by atoms with van der Waals surface area (Å²) >= 11 is 0. The number of phenolic OH excluding ortho intramolecular Hbond substituents is 1. The summed E-state index contributed by atoms with van der Waals surface area (Å²) in [6.07, 6.45) is 1.12. The van der Waals surface area contributed by atoms with Crippen LogP contribution < -0.4 is 0 Å². The lowest BCUT2D eigenvalue weighted by Crippen LogP contribution is -1.99. The second-order valence-corrected chi connectivity index (χ2v) is 4.66. The summed E-state index contributed by atoms with van der Waals surface area (Å²) in [5, 5.41) is 9.20. The van der Waals surface area contributed by atoms with Gasteiger partial charge in [-0.25, -0.2) is 8.42 Å². The van der Waals surface area contributed by atoms with Crippen molar-refractivity contribution in [1.29, 1.82) is 0 Å². The first kappa shape index (κ1) is 9.06. The molecule has 0 spiro atoms. The van der Waals surface area contributed by atoms with Crippen LogP contribution in [0.25, 0.3) is 0 Å². The third kappa shape index (κ3) is 1.58. The van der Waals surface area contributed by atoms with E-state index in [0.717, 1.165) is 6.26 Å². The Bertz CT molecular complexity index is 393. The fourth-order valence-electron chi connectivity index (χ4n) is 1.00. The Morgan fingerprint density at radius 3 is 2.33 bits per heavy atom. The van der Waals surface area contributed by atoms with Crippen LogP contribution in [0.3, 0.4) is 0 Å². The Hall–Kier alpha value is -1.03. The maximum atomic E-state index is 11.1. The molecule has 0 heterocycles.